The lowest BCUT2D eigenvalue weighted by Crippen LogP contribution is -2.32. The molecule has 0 fully saturated rings. The fourth-order valence-corrected chi connectivity index (χ4v) is 3.59. The van der Waals surface area contributed by atoms with Crippen LogP contribution in [0.3, 0.4) is 0 Å². The van der Waals surface area contributed by atoms with Crippen molar-refractivity contribution in [2.75, 3.05) is 17.3 Å². The van der Waals surface area contributed by atoms with Crippen LogP contribution in [-0.4, -0.2) is 18.9 Å². The molecule has 1 N–H and O–H groups in total. The minimum absolute atomic E-state index is 0.174. The summed E-state index contributed by atoms with van der Waals surface area (Å²) < 4.78 is 5.39. The van der Waals surface area contributed by atoms with Crippen molar-refractivity contribution in [3.8, 4) is 5.75 Å². The molecule has 30 heavy (non-hydrogen) atoms. The highest BCUT2D eigenvalue weighted by atomic mass is 35.5. The minimum atomic E-state index is -0.477. The number of methoxy groups -OCH3 is 1. The summed E-state index contributed by atoms with van der Waals surface area (Å²) in [7, 11) is 1.55. The van der Waals surface area contributed by atoms with Crippen molar-refractivity contribution in [2.45, 2.75) is 6.92 Å². The molecular formula is C24H19ClN2O3. The molecule has 0 saturated heterocycles. The van der Waals surface area contributed by atoms with E-state index in [1.165, 1.54) is 0 Å². The Morgan fingerprint density at radius 2 is 1.53 bits per heavy atom. The fraction of sp³-hybridized carbons (Fsp3) is 0.0833. The van der Waals surface area contributed by atoms with Gasteiger partial charge in [0.1, 0.15) is 11.4 Å². The summed E-state index contributed by atoms with van der Waals surface area (Å²) in [6.45, 7) is 1.96. The van der Waals surface area contributed by atoms with Crippen molar-refractivity contribution >= 4 is 40.4 Å². The van der Waals surface area contributed by atoms with Gasteiger partial charge in [-0.3, -0.25) is 9.59 Å². The van der Waals surface area contributed by atoms with E-state index in [0.717, 1.165) is 10.5 Å². The zero-order valence-electron chi connectivity index (χ0n) is 16.5. The smallest absolute Gasteiger partial charge is 0.282 e. The lowest BCUT2D eigenvalue weighted by Gasteiger charge is -2.17. The number of carbonyl (C=O) groups excluding carboxylic acids is 2. The molecule has 150 valence electrons. The van der Waals surface area contributed by atoms with Crippen LogP contribution in [0.25, 0.3) is 5.57 Å². The zero-order valence-corrected chi connectivity index (χ0v) is 17.2. The number of aryl methyl sites for hydroxylation is 1. The SMILES string of the molecule is COc1ccccc1NC1=C(c2ccc(C)cc2)C(=O)N(c2ccccc2Cl)C1=O. The topological polar surface area (TPSA) is 58.6 Å². The third kappa shape index (κ3) is 3.44. The molecule has 1 heterocycles. The van der Waals surface area contributed by atoms with Crippen molar-refractivity contribution in [2.24, 2.45) is 0 Å². The van der Waals surface area contributed by atoms with Crippen molar-refractivity contribution in [3.05, 3.63) is 94.6 Å². The van der Waals surface area contributed by atoms with E-state index in [1.54, 1.807) is 43.5 Å². The van der Waals surface area contributed by atoms with Gasteiger partial charge in [-0.2, -0.15) is 0 Å². The van der Waals surface area contributed by atoms with E-state index in [0.29, 0.717) is 27.7 Å². The second kappa shape index (κ2) is 8.05. The second-order valence-electron chi connectivity index (χ2n) is 6.84. The molecule has 3 aromatic carbocycles. The van der Waals surface area contributed by atoms with E-state index >= 15 is 0 Å². The predicted octanol–water partition coefficient (Wildman–Crippen LogP) is 5.05. The van der Waals surface area contributed by atoms with Crippen molar-refractivity contribution in [1.82, 2.24) is 0 Å². The Labute approximate surface area is 179 Å². The summed E-state index contributed by atoms with van der Waals surface area (Å²) in [4.78, 5) is 27.9. The summed E-state index contributed by atoms with van der Waals surface area (Å²) in [6, 6.07) is 21.5. The van der Waals surface area contributed by atoms with E-state index < -0.39 is 11.8 Å². The molecule has 4 rings (SSSR count). The van der Waals surface area contributed by atoms with Crippen LogP contribution in [0.2, 0.25) is 5.02 Å². The molecule has 0 unspecified atom stereocenters. The van der Waals surface area contributed by atoms with E-state index in [9.17, 15) is 9.59 Å². The Morgan fingerprint density at radius 1 is 0.867 bits per heavy atom. The van der Waals surface area contributed by atoms with Crippen LogP contribution < -0.4 is 15.0 Å². The number of para-hydroxylation sites is 3. The van der Waals surface area contributed by atoms with Crippen LogP contribution in [-0.2, 0) is 9.59 Å². The third-order valence-electron chi connectivity index (χ3n) is 4.88. The molecule has 0 radical (unpaired) electrons. The molecule has 1 aliphatic heterocycles. The fourth-order valence-electron chi connectivity index (χ4n) is 3.37. The van der Waals surface area contributed by atoms with Crippen LogP contribution in [0.1, 0.15) is 11.1 Å². The molecule has 5 nitrogen and oxygen atoms in total. The number of hydrogen-bond donors (Lipinski definition) is 1. The average molecular weight is 419 g/mol. The van der Waals surface area contributed by atoms with E-state index in [2.05, 4.69) is 5.32 Å². The van der Waals surface area contributed by atoms with Crippen molar-refractivity contribution in [3.63, 3.8) is 0 Å². The first-order chi connectivity index (χ1) is 14.5. The Hall–Kier alpha value is -3.57. The summed E-state index contributed by atoms with van der Waals surface area (Å²) in [5.41, 5.74) is 3.08. The number of carbonyl (C=O) groups is 2. The molecule has 0 atom stereocenters. The first kappa shape index (κ1) is 19.7. The molecule has 0 saturated carbocycles. The maximum atomic E-state index is 13.4. The number of amides is 2. The molecule has 6 heteroatoms. The second-order valence-corrected chi connectivity index (χ2v) is 7.25. The molecular weight excluding hydrogens is 400 g/mol. The van der Waals surface area contributed by atoms with Gasteiger partial charge in [0.2, 0.25) is 0 Å². The van der Waals surface area contributed by atoms with Gasteiger partial charge in [-0.25, -0.2) is 4.90 Å². The molecule has 3 aromatic rings. The van der Waals surface area contributed by atoms with Crippen LogP contribution in [0.15, 0.2) is 78.5 Å². The highest BCUT2D eigenvalue weighted by Gasteiger charge is 2.41. The van der Waals surface area contributed by atoms with Gasteiger partial charge in [-0.1, -0.05) is 65.7 Å². The minimum Gasteiger partial charge on any atom is -0.495 e. The van der Waals surface area contributed by atoms with Gasteiger partial charge in [-0.15, -0.1) is 0 Å². The Bertz CT molecular complexity index is 1170. The summed E-state index contributed by atoms with van der Waals surface area (Å²) >= 11 is 6.30. The highest BCUT2D eigenvalue weighted by molar-refractivity contribution is 6.48. The molecule has 2 amide bonds. The molecule has 0 aliphatic carbocycles. The van der Waals surface area contributed by atoms with Crippen molar-refractivity contribution < 1.29 is 14.3 Å². The Balaban J connectivity index is 1.86. The van der Waals surface area contributed by atoms with E-state index in [-0.39, 0.29) is 11.3 Å². The number of halogens is 1. The van der Waals surface area contributed by atoms with Gasteiger partial charge in [0, 0.05) is 0 Å². The van der Waals surface area contributed by atoms with Gasteiger partial charge in [0.05, 0.1) is 29.1 Å². The first-order valence-electron chi connectivity index (χ1n) is 9.36. The number of nitrogens with zero attached hydrogens (tertiary/aromatic N) is 1. The van der Waals surface area contributed by atoms with Gasteiger partial charge >= 0.3 is 0 Å². The number of imide groups is 1. The molecule has 0 spiro atoms. The molecule has 0 aromatic heterocycles. The molecule has 1 aliphatic rings. The predicted molar refractivity (Wildman–Crippen MR) is 119 cm³/mol. The maximum absolute atomic E-state index is 13.4. The summed E-state index contributed by atoms with van der Waals surface area (Å²) in [5, 5.41) is 3.44. The maximum Gasteiger partial charge on any atom is 0.282 e. The lowest BCUT2D eigenvalue weighted by molar-refractivity contribution is -0.120. The van der Waals surface area contributed by atoms with E-state index in [1.807, 2.05) is 43.3 Å². The number of hydrogen-bond acceptors (Lipinski definition) is 4. The van der Waals surface area contributed by atoms with Crippen LogP contribution in [0.4, 0.5) is 11.4 Å². The monoisotopic (exact) mass is 418 g/mol. The standard InChI is InChI=1S/C24H19ClN2O3/c1-15-11-13-16(14-12-15)21-22(26-18-8-4-6-10-20(18)30-2)24(29)27(23(21)28)19-9-5-3-7-17(19)25/h3-14,26H,1-2H3. The molecule has 0 bridgehead atoms. The number of rotatable bonds is 5. The average Bonchev–Trinajstić information content (AvgIpc) is 2.99. The number of nitrogens with one attached hydrogen (secondary N) is 1. The Morgan fingerprint density at radius 3 is 2.23 bits per heavy atom. The lowest BCUT2D eigenvalue weighted by atomic mass is 10.0. The van der Waals surface area contributed by atoms with Crippen LogP contribution in [0, 0.1) is 6.92 Å². The van der Waals surface area contributed by atoms with Crippen LogP contribution in [0.5, 0.6) is 5.75 Å². The van der Waals surface area contributed by atoms with Gasteiger partial charge in [-0.05, 0) is 36.8 Å². The van der Waals surface area contributed by atoms with Gasteiger partial charge < -0.3 is 10.1 Å². The number of benzene rings is 3. The number of anilines is 2. The van der Waals surface area contributed by atoms with Crippen molar-refractivity contribution in [1.29, 1.82) is 0 Å². The first-order valence-corrected chi connectivity index (χ1v) is 9.73. The summed E-state index contributed by atoms with van der Waals surface area (Å²) in [5.74, 6) is -0.353. The largest absolute Gasteiger partial charge is 0.495 e. The zero-order chi connectivity index (χ0) is 21.3. The van der Waals surface area contributed by atoms with Crippen LogP contribution >= 0.6 is 11.6 Å². The third-order valence-corrected chi connectivity index (χ3v) is 5.20. The van der Waals surface area contributed by atoms with Gasteiger partial charge in [0.25, 0.3) is 11.8 Å². The number of ether oxygens (including phenoxy) is 1. The summed E-state index contributed by atoms with van der Waals surface area (Å²) in [6.07, 6.45) is 0. The Kier molecular flexibility index (Phi) is 5.29. The highest BCUT2D eigenvalue weighted by Crippen LogP contribution is 2.37. The quantitative estimate of drug-likeness (QED) is 0.589. The van der Waals surface area contributed by atoms with Gasteiger partial charge in [0.15, 0.2) is 0 Å². The normalized spacial score (nSPS) is 13.8. The van der Waals surface area contributed by atoms with E-state index in [4.69, 9.17) is 16.3 Å².